The molecule has 0 unspecified atom stereocenters. The quantitative estimate of drug-likeness (QED) is 0.399. The van der Waals surface area contributed by atoms with Crippen LogP contribution in [-0.2, 0) is 6.42 Å². The van der Waals surface area contributed by atoms with Crippen LogP contribution >= 0.6 is 11.3 Å². The topological polar surface area (TPSA) is 56.1 Å². The molecule has 0 atom stereocenters. The Labute approximate surface area is 185 Å². The largest absolute Gasteiger partial charge is 0.573 e. The van der Waals surface area contributed by atoms with Crippen LogP contribution in [0, 0.1) is 13.8 Å². The lowest BCUT2D eigenvalue weighted by atomic mass is 10.1. The second-order valence-electron chi connectivity index (χ2n) is 7.47. The van der Waals surface area contributed by atoms with Gasteiger partial charge in [-0.25, -0.2) is 14.6 Å². The molecular formula is C22H18F3N5OS. The number of hydrogen-bond donors (Lipinski definition) is 0. The van der Waals surface area contributed by atoms with Crippen molar-refractivity contribution in [3.63, 3.8) is 0 Å². The molecule has 0 spiro atoms. The van der Waals surface area contributed by atoms with E-state index < -0.39 is 6.36 Å². The molecule has 4 heterocycles. The summed E-state index contributed by atoms with van der Waals surface area (Å²) in [5, 5.41) is 7.46. The predicted molar refractivity (Wildman–Crippen MR) is 116 cm³/mol. The van der Waals surface area contributed by atoms with Gasteiger partial charge in [0.05, 0.1) is 5.69 Å². The summed E-state index contributed by atoms with van der Waals surface area (Å²) in [6, 6.07) is 8.29. The van der Waals surface area contributed by atoms with Gasteiger partial charge in [-0.05, 0) is 56.2 Å². The van der Waals surface area contributed by atoms with Gasteiger partial charge in [-0.1, -0.05) is 0 Å². The van der Waals surface area contributed by atoms with Gasteiger partial charge in [0.2, 0.25) is 0 Å². The van der Waals surface area contributed by atoms with Crippen LogP contribution in [0.15, 0.2) is 48.1 Å². The van der Waals surface area contributed by atoms with Crippen molar-refractivity contribution in [3.05, 3.63) is 64.9 Å². The van der Waals surface area contributed by atoms with Gasteiger partial charge in [-0.15, -0.1) is 24.5 Å². The first kappa shape index (κ1) is 20.5. The van der Waals surface area contributed by atoms with Gasteiger partial charge in [0.1, 0.15) is 22.3 Å². The molecule has 0 aliphatic carbocycles. The number of hydrogen-bond acceptors (Lipinski definition) is 6. The van der Waals surface area contributed by atoms with Crippen LogP contribution in [0.25, 0.3) is 16.4 Å². The number of aryl methyl sites for hydroxylation is 2. The maximum Gasteiger partial charge on any atom is 0.573 e. The maximum absolute atomic E-state index is 12.6. The molecule has 0 saturated carbocycles. The summed E-state index contributed by atoms with van der Waals surface area (Å²) in [6.07, 6.45) is -0.324. The van der Waals surface area contributed by atoms with Crippen molar-refractivity contribution in [1.29, 1.82) is 0 Å². The standard InChI is InChI=1S/C22H18F3N5OS/c1-13-11-15(31-22(23,24)25)3-4-18(13)29-8-5-16-19(12-14(2)27-20(16)29)30-9-6-17(28-30)21-26-7-10-32-21/h3-4,6-7,9-12H,5,8H2,1-2H3. The lowest BCUT2D eigenvalue weighted by Gasteiger charge is -2.22. The minimum atomic E-state index is -4.72. The monoisotopic (exact) mass is 457 g/mol. The molecule has 5 rings (SSSR count). The highest BCUT2D eigenvalue weighted by Gasteiger charge is 2.32. The highest BCUT2D eigenvalue weighted by Crippen LogP contribution is 2.39. The van der Waals surface area contributed by atoms with E-state index in [0.717, 1.165) is 45.6 Å². The number of halogens is 3. The molecule has 0 bridgehead atoms. The first-order chi connectivity index (χ1) is 15.3. The molecule has 1 aliphatic heterocycles. The number of benzene rings is 1. The zero-order valence-corrected chi connectivity index (χ0v) is 18.0. The zero-order valence-electron chi connectivity index (χ0n) is 17.2. The van der Waals surface area contributed by atoms with Gasteiger partial charge in [-0.3, -0.25) is 0 Å². The number of thiazole rings is 1. The van der Waals surface area contributed by atoms with Crippen LogP contribution in [0.4, 0.5) is 24.7 Å². The Balaban J connectivity index is 1.51. The molecule has 0 saturated heterocycles. The van der Waals surface area contributed by atoms with E-state index in [-0.39, 0.29) is 5.75 Å². The molecule has 0 fully saturated rings. The number of pyridine rings is 1. The minimum Gasteiger partial charge on any atom is -0.406 e. The number of fused-ring (bicyclic) bond motifs is 1. The van der Waals surface area contributed by atoms with E-state index in [2.05, 4.69) is 9.72 Å². The minimum absolute atomic E-state index is 0.234. The van der Waals surface area contributed by atoms with Crippen LogP contribution < -0.4 is 9.64 Å². The van der Waals surface area contributed by atoms with Gasteiger partial charge in [0, 0.05) is 41.3 Å². The molecule has 164 valence electrons. The third-order valence-electron chi connectivity index (χ3n) is 5.23. The summed E-state index contributed by atoms with van der Waals surface area (Å²) in [5.74, 6) is 0.557. The highest BCUT2D eigenvalue weighted by atomic mass is 32.1. The van der Waals surface area contributed by atoms with Crippen molar-refractivity contribution in [3.8, 4) is 22.1 Å². The number of rotatable bonds is 4. The summed E-state index contributed by atoms with van der Waals surface area (Å²) in [4.78, 5) is 11.1. The predicted octanol–water partition coefficient (Wildman–Crippen LogP) is 5.60. The van der Waals surface area contributed by atoms with Crippen LogP contribution in [0.5, 0.6) is 5.75 Å². The van der Waals surface area contributed by atoms with Crippen LogP contribution in [0.1, 0.15) is 16.8 Å². The molecular weight excluding hydrogens is 439 g/mol. The molecule has 3 aromatic heterocycles. The molecule has 10 heteroatoms. The lowest BCUT2D eigenvalue weighted by Crippen LogP contribution is -2.18. The molecule has 4 aromatic rings. The fourth-order valence-corrected chi connectivity index (χ4v) is 4.55. The molecule has 0 radical (unpaired) electrons. The molecule has 1 aliphatic rings. The first-order valence-corrected chi connectivity index (χ1v) is 10.8. The average Bonchev–Trinajstić information content (AvgIpc) is 3.46. The second kappa shape index (κ2) is 7.63. The summed E-state index contributed by atoms with van der Waals surface area (Å²) in [5.41, 5.74) is 5.08. The van der Waals surface area contributed by atoms with Gasteiger partial charge in [-0.2, -0.15) is 5.10 Å². The van der Waals surface area contributed by atoms with Crippen molar-refractivity contribution < 1.29 is 17.9 Å². The number of anilines is 2. The number of aromatic nitrogens is 4. The Hall–Kier alpha value is -3.40. The van der Waals surface area contributed by atoms with Crippen molar-refractivity contribution in [1.82, 2.24) is 19.7 Å². The molecule has 0 N–H and O–H groups in total. The summed E-state index contributed by atoms with van der Waals surface area (Å²) < 4.78 is 43.6. The van der Waals surface area contributed by atoms with Crippen molar-refractivity contribution >= 4 is 22.8 Å². The van der Waals surface area contributed by atoms with Crippen molar-refractivity contribution in [2.24, 2.45) is 0 Å². The summed E-state index contributed by atoms with van der Waals surface area (Å²) in [6.45, 7) is 4.35. The zero-order chi connectivity index (χ0) is 22.5. The lowest BCUT2D eigenvalue weighted by molar-refractivity contribution is -0.274. The Bertz CT molecular complexity index is 1280. The third kappa shape index (κ3) is 3.81. The summed E-state index contributed by atoms with van der Waals surface area (Å²) >= 11 is 1.53. The van der Waals surface area contributed by atoms with Crippen molar-refractivity contribution in [2.75, 3.05) is 11.4 Å². The Morgan fingerprint density at radius 1 is 1.09 bits per heavy atom. The van der Waals surface area contributed by atoms with E-state index in [0.29, 0.717) is 12.1 Å². The third-order valence-corrected chi connectivity index (χ3v) is 6.02. The van der Waals surface area contributed by atoms with Gasteiger partial charge in [0.25, 0.3) is 0 Å². The fraction of sp³-hybridized carbons (Fsp3) is 0.227. The van der Waals surface area contributed by atoms with Gasteiger partial charge >= 0.3 is 6.36 Å². The number of ether oxygens (including phenoxy) is 1. The van der Waals surface area contributed by atoms with Gasteiger partial charge < -0.3 is 9.64 Å². The van der Waals surface area contributed by atoms with Crippen LogP contribution in [0.3, 0.4) is 0 Å². The van der Waals surface area contributed by atoms with Gasteiger partial charge in [0.15, 0.2) is 0 Å². The normalized spacial score (nSPS) is 13.5. The van der Waals surface area contributed by atoms with E-state index in [1.165, 1.54) is 23.5 Å². The van der Waals surface area contributed by atoms with E-state index in [1.807, 2.05) is 40.2 Å². The Morgan fingerprint density at radius 2 is 1.94 bits per heavy atom. The molecule has 32 heavy (non-hydrogen) atoms. The van der Waals surface area contributed by atoms with E-state index in [4.69, 9.17) is 10.1 Å². The Morgan fingerprint density at radius 3 is 2.66 bits per heavy atom. The number of alkyl halides is 3. The average molecular weight is 457 g/mol. The number of nitrogens with zero attached hydrogens (tertiary/aromatic N) is 5. The fourth-order valence-electron chi connectivity index (χ4n) is 3.95. The van der Waals surface area contributed by atoms with E-state index in [9.17, 15) is 13.2 Å². The van der Waals surface area contributed by atoms with Crippen LogP contribution in [0.2, 0.25) is 0 Å². The Kier molecular flexibility index (Phi) is 4.89. The highest BCUT2D eigenvalue weighted by molar-refractivity contribution is 7.13. The summed E-state index contributed by atoms with van der Waals surface area (Å²) in [7, 11) is 0. The second-order valence-corrected chi connectivity index (χ2v) is 8.36. The maximum atomic E-state index is 12.6. The SMILES string of the molecule is Cc1cc(-n2ccc(-c3nccs3)n2)c2c(n1)N(c1ccc(OC(F)(F)F)cc1C)CC2. The first-order valence-electron chi connectivity index (χ1n) is 9.89. The smallest absolute Gasteiger partial charge is 0.406 e. The van der Waals surface area contributed by atoms with Crippen LogP contribution in [-0.4, -0.2) is 32.7 Å². The van der Waals surface area contributed by atoms with E-state index >= 15 is 0 Å². The van der Waals surface area contributed by atoms with E-state index in [1.54, 1.807) is 19.2 Å². The van der Waals surface area contributed by atoms with Crippen molar-refractivity contribution in [2.45, 2.75) is 26.6 Å². The molecule has 6 nitrogen and oxygen atoms in total. The molecule has 0 amide bonds. The molecule has 1 aromatic carbocycles.